The summed E-state index contributed by atoms with van der Waals surface area (Å²) >= 11 is 6.22. The van der Waals surface area contributed by atoms with Crippen molar-refractivity contribution in [2.24, 2.45) is 5.73 Å². The van der Waals surface area contributed by atoms with Crippen LogP contribution in [0.1, 0.15) is 25.3 Å². The summed E-state index contributed by atoms with van der Waals surface area (Å²) in [6.45, 7) is 3.09. The van der Waals surface area contributed by atoms with E-state index in [1.54, 1.807) is 12.3 Å². The Hall–Kier alpha value is -1.33. The van der Waals surface area contributed by atoms with Crippen molar-refractivity contribution in [3.63, 3.8) is 0 Å². The Labute approximate surface area is 111 Å². The van der Waals surface area contributed by atoms with E-state index in [0.717, 1.165) is 19.4 Å². The summed E-state index contributed by atoms with van der Waals surface area (Å²) < 4.78 is 0. The molecule has 0 saturated carbocycles. The third-order valence-corrected chi connectivity index (χ3v) is 3.51. The monoisotopic (exact) mass is 268 g/mol. The third kappa shape index (κ3) is 2.57. The van der Waals surface area contributed by atoms with Crippen LogP contribution in [-0.2, 0) is 0 Å². The predicted molar refractivity (Wildman–Crippen MR) is 72.3 cm³/mol. The topological polar surface area (TPSA) is 86.2 Å². The van der Waals surface area contributed by atoms with Crippen LogP contribution < -0.4 is 10.6 Å². The van der Waals surface area contributed by atoms with Gasteiger partial charge in [0.15, 0.2) is 0 Å². The van der Waals surface area contributed by atoms with Gasteiger partial charge >= 0.3 is 0 Å². The average Bonchev–Trinajstić information content (AvgIpc) is 2.27. The van der Waals surface area contributed by atoms with Crippen LogP contribution in [-0.4, -0.2) is 34.6 Å². The summed E-state index contributed by atoms with van der Waals surface area (Å²) in [6.07, 6.45) is 3.24. The average molecular weight is 269 g/mol. The van der Waals surface area contributed by atoms with Gasteiger partial charge in [0, 0.05) is 24.8 Å². The highest BCUT2D eigenvalue weighted by Gasteiger charge is 2.30. The van der Waals surface area contributed by atoms with Gasteiger partial charge < -0.3 is 15.7 Å². The number of nitrogen functional groups attached to an aromatic ring is 1. The Kier molecular flexibility index (Phi) is 3.45. The molecule has 1 atom stereocenters. The molecule has 0 radical (unpaired) electrons. The Morgan fingerprint density at radius 2 is 2.39 bits per heavy atom. The van der Waals surface area contributed by atoms with Gasteiger partial charge in [0.25, 0.3) is 0 Å². The summed E-state index contributed by atoms with van der Waals surface area (Å²) in [4.78, 5) is 6.18. The van der Waals surface area contributed by atoms with Gasteiger partial charge in [-0.25, -0.2) is 4.98 Å². The molecule has 5 nitrogen and oxygen atoms in total. The van der Waals surface area contributed by atoms with E-state index < -0.39 is 5.60 Å². The second-order valence-corrected chi connectivity index (χ2v) is 5.31. The fraction of sp³-hybridized carbons (Fsp3) is 0.500. The first-order valence-corrected chi connectivity index (χ1v) is 6.25. The lowest BCUT2D eigenvalue weighted by atomic mass is 9.95. The number of nitrogens with one attached hydrogen (secondary N) is 1. The Morgan fingerprint density at radius 1 is 1.67 bits per heavy atom. The lowest BCUT2D eigenvalue weighted by molar-refractivity contribution is 0.0447. The first-order valence-electron chi connectivity index (χ1n) is 5.87. The van der Waals surface area contributed by atoms with Crippen LogP contribution >= 0.6 is 11.6 Å². The number of aliphatic hydroxyl groups is 1. The molecule has 0 aromatic carbocycles. The molecule has 1 fully saturated rings. The highest BCUT2D eigenvalue weighted by atomic mass is 35.5. The predicted octanol–water partition coefficient (Wildman–Crippen LogP) is 1.37. The van der Waals surface area contributed by atoms with Crippen LogP contribution in [0.2, 0.25) is 5.02 Å². The molecule has 2 heterocycles. The molecule has 1 unspecified atom stereocenters. The van der Waals surface area contributed by atoms with E-state index in [1.165, 1.54) is 0 Å². The molecule has 1 aliphatic rings. The van der Waals surface area contributed by atoms with Gasteiger partial charge in [-0.3, -0.25) is 5.41 Å². The zero-order valence-corrected chi connectivity index (χ0v) is 11.0. The Bertz CT molecular complexity index is 475. The molecule has 0 spiro atoms. The Morgan fingerprint density at radius 3 is 3.00 bits per heavy atom. The van der Waals surface area contributed by atoms with Gasteiger partial charge in [0.1, 0.15) is 11.7 Å². The fourth-order valence-corrected chi connectivity index (χ4v) is 2.60. The summed E-state index contributed by atoms with van der Waals surface area (Å²) in [7, 11) is 0. The van der Waals surface area contributed by atoms with Crippen molar-refractivity contribution in [3.05, 3.63) is 22.8 Å². The third-order valence-electron chi connectivity index (χ3n) is 3.14. The second kappa shape index (κ2) is 4.74. The molecule has 0 bridgehead atoms. The molecule has 6 heteroatoms. The van der Waals surface area contributed by atoms with Crippen molar-refractivity contribution in [3.8, 4) is 0 Å². The van der Waals surface area contributed by atoms with Crippen LogP contribution in [0.25, 0.3) is 0 Å². The highest BCUT2D eigenvalue weighted by molar-refractivity contribution is 6.36. The van der Waals surface area contributed by atoms with E-state index in [2.05, 4.69) is 4.98 Å². The maximum absolute atomic E-state index is 10.1. The molecular weight excluding hydrogens is 252 g/mol. The Balaban J connectivity index is 2.34. The van der Waals surface area contributed by atoms with Crippen molar-refractivity contribution in [2.75, 3.05) is 18.0 Å². The van der Waals surface area contributed by atoms with Crippen molar-refractivity contribution < 1.29 is 5.11 Å². The van der Waals surface area contributed by atoms with E-state index >= 15 is 0 Å². The van der Waals surface area contributed by atoms with E-state index in [1.807, 2.05) is 11.8 Å². The normalized spacial score (nSPS) is 24.1. The summed E-state index contributed by atoms with van der Waals surface area (Å²) in [5, 5.41) is 17.9. The van der Waals surface area contributed by atoms with Gasteiger partial charge in [0.2, 0.25) is 0 Å². The van der Waals surface area contributed by atoms with Gasteiger partial charge in [-0.15, -0.1) is 0 Å². The zero-order chi connectivity index (χ0) is 13.3. The molecule has 2 rings (SSSR count). The molecular formula is C12H17ClN4O. The number of hydrogen-bond acceptors (Lipinski definition) is 4. The number of β-amino-alcohol motifs (C(OH)–C–C–N with tert-alkyl or cyclic N) is 1. The number of amidine groups is 1. The first-order chi connectivity index (χ1) is 8.41. The van der Waals surface area contributed by atoms with E-state index in [-0.39, 0.29) is 5.84 Å². The number of pyridine rings is 1. The van der Waals surface area contributed by atoms with Gasteiger partial charge in [-0.2, -0.15) is 0 Å². The molecule has 1 saturated heterocycles. The molecule has 0 aliphatic carbocycles. The summed E-state index contributed by atoms with van der Waals surface area (Å²) in [5.74, 6) is 0.511. The van der Waals surface area contributed by atoms with Crippen molar-refractivity contribution in [2.45, 2.75) is 25.4 Å². The van der Waals surface area contributed by atoms with Crippen LogP contribution in [0.15, 0.2) is 12.3 Å². The minimum Gasteiger partial charge on any atom is -0.388 e. The maximum atomic E-state index is 10.1. The van der Waals surface area contributed by atoms with Crippen molar-refractivity contribution in [1.82, 2.24) is 4.98 Å². The van der Waals surface area contributed by atoms with Gasteiger partial charge in [0.05, 0.1) is 10.6 Å². The molecule has 0 amide bonds. The van der Waals surface area contributed by atoms with Crippen LogP contribution in [0.4, 0.5) is 5.82 Å². The van der Waals surface area contributed by atoms with Gasteiger partial charge in [-0.05, 0) is 25.8 Å². The molecule has 4 N–H and O–H groups in total. The smallest absolute Gasteiger partial charge is 0.148 e. The number of piperidine rings is 1. The molecule has 98 valence electrons. The lowest BCUT2D eigenvalue weighted by Gasteiger charge is -2.38. The first kappa shape index (κ1) is 13.1. The SMILES string of the molecule is CC1(O)CCCN(c2nccc(C(=N)N)c2Cl)C1. The van der Waals surface area contributed by atoms with Crippen molar-refractivity contribution >= 4 is 23.3 Å². The molecule has 1 aromatic rings. The number of anilines is 1. The van der Waals surface area contributed by atoms with Crippen LogP contribution in [0.3, 0.4) is 0 Å². The summed E-state index contributed by atoms with van der Waals surface area (Å²) in [6, 6.07) is 1.62. The quantitative estimate of drug-likeness (QED) is 0.559. The number of nitrogens with two attached hydrogens (primary N) is 1. The second-order valence-electron chi connectivity index (χ2n) is 4.93. The molecule has 1 aromatic heterocycles. The van der Waals surface area contributed by atoms with Crippen LogP contribution in [0, 0.1) is 5.41 Å². The lowest BCUT2D eigenvalue weighted by Crippen LogP contribution is -2.46. The number of hydrogen-bond donors (Lipinski definition) is 3. The number of nitrogens with zero attached hydrogens (tertiary/aromatic N) is 2. The maximum Gasteiger partial charge on any atom is 0.148 e. The van der Waals surface area contributed by atoms with Gasteiger partial charge in [-0.1, -0.05) is 11.6 Å². The summed E-state index contributed by atoms with van der Waals surface area (Å²) in [5.41, 5.74) is 5.22. The largest absolute Gasteiger partial charge is 0.388 e. The minimum atomic E-state index is -0.727. The molecule has 1 aliphatic heterocycles. The highest BCUT2D eigenvalue weighted by Crippen LogP contribution is 2.31. The van der Waals surface area contributed by atoms with E-state index in [0.29, 0.717) is 22.9 Å². The van der Waals surface area contributed by atoms with Crippen LogP contribution in [0.5, 0.6) is 0 Å². The van der Waals surface area contributed by atoms with E-state index in [9.17, 15) is 5.11 Å². The number of rotatable bonds is 2. The fourth-order valence-electron chi connectivity index (χ4n) is 2.26. The molecule has 18 heavy (non-hydrogen) atoms. The van der Waals surface area contributed by atoms with Crippen molar-refractivity contribution in [1.29, 1.82) is 5.41 Å². The standard InChI is InChI=1S/C12H17ClN4O/c1-12(18)4-2-6-17(7-12)11-9(13)8(10(14)15)3-5-16-11/h3,5,18H,2,4,6-7H2,1H3,(H3,14,15). The number of halogens is 1. The number of aromatic nitrogens is 1. The van der Waals surface area contributed by atoms with E-state index in [4.69, 9.17) is 22.7 Å². The minimum absolute atomic E-state index is 0.0765. The zero-order valence-electron chi connectivity index (χ0n) is 10.3.